The van der Waals surface area contributed by atoms with Gasteiger partial charge in [-0.2, -0.15) is 0 Å². The molecule has 0 unspecified atom stereocenters. The molecule has 0 aromatic carbocycles. The minimum atomic E-state index is -3.36. The molecule has 0 aliphatic rings. The topological polar surface area (TPSA) is 92.7 Å². The van der Waals surface area contributed by atoms with Gasteiger partial charge in [0.2, 0.25) is 0 Å². The maximum absolute atomic E-state index is 9.18. The predicted molar refractivity (Wildman–Crippen MR) is 121 cm³/mol. The Morgan fingerprint density at radius 1 is 1.03 bits per heavy atom. The van der Waals surface area contributed by atoms with E-state index < -0.39 is 13.2 Å². The van der Waals surface area contributed by atoms with E-state index in [0.29, 0.717) is 0 Å². The second-order valence-electron chi connectivity index (χ2n) is 7.55. The van der Waals surface area contributed by atoms with E-state index in [1.165, 1.54) is 78.0 Å². The number of ether oxygens (including phenoxy) is 2. The van der Waals surface area contributed by atoms with E-state index in [9.17, 15) is 9.79 Å². The molecular weight excluding hydrogens is 391 g/mol. The maximum atomic E-state index is 9.18. The molecule has 8 nitrogen and oxygen atoms in total. The summed E-state index contributed by atoms with van der Waals surface area (Å²) in [5.74, 6) is 2.52. The Morgan fingerprint density at radius 3 is 1.93 bits per heavy atom. The summed E-state index contributed by atoms with van der Waals surface area (Å²) in [5, 5.41) is 4.83. The standard InChI is InChI=1S/C15H31N4.C5H15O4P/c1-5-8-11-14-17-18(13-10-7-3)15(12-9-6-2)19(14)16-4;1-5(8-2,9-3)10(4,6)7/h16H,5-13H2,1-4H3;6-7,10H,1-4H3/q+1;. The number of unbranched alkanes of at least 4 members (excludes halogenated alkanes) is 3. The molecule has 174 valence electrons. The van der Waals surface area contributed by atoms with Crippen LogP contribution in [0.1, 0.15) is 77.9 Å². The fraction of sp³-hybridized carbons (Fsp3) is 0.900. The first-order valence-corrected chi connectivity index (χ1v) is 13.3. The molecule has 0 bridgehead atoms. The molecule has 0 spiro atoms. The molecule has 1 aromatic heterocycles. The van der Waals surface area contributed by atoms with Crippen molar-refractivity contribution in [3.05, 3.63) is 11.6 Å². The van der Waals surface area contributed by atoms with Crippen LogP contribution in [0.4, 0.5) is 0 Å². The third-order valence-corrected chi connectivity index (χ3v) is 7.27. The zero-order valence-corrected chi connectivity index (χ0v) is 20.9. The van der Waals surface area contributed by atoms with Gasteiger partial charge >= 0.3 is 66.1 Å². The Morgan fingerprint density at radius 2 is 1.55 bits per heavy atom. The van der Waals surface area contributed by atoms with Gasteiger partial charge in [0.05, 0.1) is 6.42 Å². The van der Waals surface area contributed by atoms with Crippen molar-refractivity contribution in [1.29, 1.82) is 0 Å². The summed E-state index contributed by atoms with van der Waals surface area (Å²) in [6.45, 7) is 10.6. The van der Waals surface area contributed by atoms with Crippen LogP contribution in [0.2, 0.25) is 0 Å². The number of hydrogen-bond acceptors (Lipinski definition) is 6. The van der Waals surface area contributed by atoms with Gasteiger partial charge in [0, 0.05) is 13.5 Å². The Hall–Kier alpha value is -0.790. The Labute approximate surface area is 178 Å². The second kappa shape index (κ2) is 14.3. The first-order valence-electron chi connectivity index (χ1n) is 10.9. The van der Waals surface area contributed by atoms with Crippen molar-refractivity contribution in [1.82, 2.24) is 9.77 Å². The summed E-state index contributed by atoms with van der Waals surface area (Å²) >= 11 is 0. The zero-order chi connectivity index (χ0) is 22.5. The van der Waals surface area contributed by atoms with Gasteiger partial charge in [0.15, 0.2) is 0 Å². The average molecular weight is 438 g/mol. The molecule has 1 rings (SSSR count). The average Bonchev–Trinajstić information content (AvgIpc) is 3.04. The fourth-order valence-corrected chi connectivity index (χ4v) is 3.57. The molecule has 9 heteroatoms. The van der Waals surface area contributed by atoms with Gasteiger partial charge in [-0.25, -0.2) is 0 Å². The molecule has 1 aromatic rings. The van der Waals surface area contributed by atoms with Crippen LogP contribution in [0.3, 0.4) is 0 Å². The number of aromatic nitrogens is 3. The molecular formula is C20H46N4O4P+. The normalized spacial score (nSPS) is 12.5. The van der Waals surface area contributed by atoms with Gasteiger partial charge in [-0.05, 0) is 24.4 Å². The van der Waals surface area contributed by atoms with E-state index in [0.717, 1.165) is 19.4 Å². The molecule has 0 amide bonds. The van der Waals surface area contributed by atoms with Gasteiger partial charge in [-0.3, -0.25) is 5.43 Å². The number of methoxy groups -OCH3 is 2. The van der Waals surface area contributed by atoms with E-state index in [1.54, 1.807) is 0 Å². The molecule has 0 saturated carbocycles. The molecule has 0 atom stereocenters. The summed E-state index contributed by atoms with van der Waals surface area (Å²) in [6.07, 6.45) is 9.49. The number of aryl methyl sites for hydroxylation is 2. The van der Waals surface area contributed by atoms with Crippen LogP contribution in [0, 0.1) is 0 Å². The zero-order valence-electron chi connectivity index (χ0n) is 19.9. The van der Waals surface area contributed by atoms with Crippen molar-refractivity contribution in [2.45, 2.75) is 91.1 Å². The summed E-state index contributed by atoms with van der Waals surface area (Å²) < 4.78 is 14.0. The van der Waals surface area contributed by atoms with E-state index in [2.05, 4.69) is 35.6 Å². The molecule has 1 heterocycles. The fourth-order valence-electron chi connectivity index (χ4n) is 2.79. The Bertz CT molecular complexity index is 557. The van der Waals surface area contributed by atoms with Crippen LogP contribution in [0.5, 0.6) is 0 Å². The number of nitrogens with zero attached hydrogens (tertiary/aromatic N) is 3. The van der Waals surface area contributed by atoms with Crippen LogP contribution < -0.4 is 10.1 Å². The van der Waals surface area contributed by atoms with Gasteiger partial charge in [0.1, 0.15) is 6.54 Å². The van der Waals surface area contributed by atoms with Crippen molar-refractivity contribution in [3.8, 4) is 0 Å². The first-order chi connectivity index (χ1) is 13.6. The molecule has 29 heavy (non-hydrogen) atoms. The molecule has 3 N–H and O–H groups in total. The third kappa shape index (κ3) is 8.85. The predicted octanol–water partition coefficient (Wildman–Crippen LogP) is 2.98. The summed E-state index contributed by atoms with van der Waals surface area (Å²) in [5.41, 5.74) is 2.08. The van der Waals surface area contributed by atoms with Gasteiger partial charge in [-0.15, -0.1) is 9.36 Å². The number of nitrogens with one attached hydrogen (secondary N) is 1. The van der Waals surface area contributed by atoms with Gasteiger partial charge in [0.25, 0.3) is 5.82 Å². The van der Waals surface area contributed by atoms with E-state index >= 15 is 0 Å². The van der Waals surface area contributed by atoms with Crippen molar-refractivity contribution in [2.24, 2.45) is 0 Å². The van der Waals surface area contributed by atoms with Crippen molar-refractivity contribution >= 4 is 7.72 Å². The summed E-state index contributed by atoms with van der Waals surface area (Å²) in [6, 6.07) is 0. The van der Waals surface area contributed by atoms with Gasteiger partial charge in [-0.1, -0.05) is 40.0 Å². The number of hydrogen-bond donors (Lipinski definition) is 3. The van der Waals surface area contributed by atoms with Crippen LogP contribution in [-0.2, 0) is 28.9 Å². The third-order valence-electron chi connectivity index (χ3n) is 5.14. The summed E-state index contributed by atoms with van der Waals surface area (Å²) in [4.78, 5) is 18.4. The van der Waals surface area contributed by atoms with Crippen LogP contribution in [-0.4, -0.2) is 53.0 Å². The molecule has 0 aliphatic carbocycles. The first kappa shape index (κ1) is 28.2. The van der Waals surface area contributed by atoms with Crippen LogP contribution in [0.25, 0.3) is 0 Å². The second-order valence-corrected chi connectivity index (χ2v) is 10.5. The number of rotatable bonds is 13. The molecule has 0 saturated heterocycles. The van der Waals surface area contributed by atoms with E-state index in [4.69, 9.17) is 14.6 Å². The van der Waals surface area contributed by atoms with E-state index in [-0.39, 0.29) is 0 Å². The quantitative estimate of drug-likeness (QED) is 0.250. The monoisotopic (exact) mass is 437 g/mol. The van der Waals surface area contributed by atoms with Crippen molar-refractivity contribution in [2.75, 3.05) is 33.4 Å². The molecule has 0 fully saturated rings. The Balaban J connectivity index is 0.000000665. The summed E-state index contributed by atoms with van der Waals surface area (Å²) in [7, 11) is 1.39. The SMILES string of the molecule is CCCCc1n[n+](CCCC)c(CCCC)n1NC.COC(C)(OC)[PH](C)(O)O. The Kier molecular flexibility index (Phi) is 13.9. The van der Waals surface area contributed by atoms with E-state index in [1.807, 2.05) is 7.05 Å². The van der Waals surface area contributed by atoms with Crippen molar-refractivity contribution in [3.63, 3.8) is 0 Å². The minimum absolute atomic E-state index is 1.04. The van der Waals surface area contributed by atoms with Gasteiger partial charge < -0.3 is 0 Å². The molecule has 0 radical (unpaired) electrons. The van der Waals surface area contributed by atoms with Crippen LogP contribution >= 0.6 is 7.72 Å². The molecule has 0 aliphatic heterocycles. The van der Waals surface area contributed by atoms with Crippen LogP contribution in [0.15, 0.2) is 0 Å². The van der Waals surface area contributed by atoms with Crippen molar-refractivity contribution < 1.29 is 23.9 Å².